The molecule has 2 atom stereocenters. The van der Waals surface area contributed by atoms with Gasteiger partial charge in [-0.15, -0.1) is 0 Å². The molecule has 0 unspecified atom stereocenters. The van der Waals surface area contributed by atoms with Crippen molar-refractivity contribution in [1.82, 2.24) is 9.80 Å². The van der Waals surface area contributed by atoms with Crippen LogP contribution < -0.4 is 4.74 Å². The van der Waals surface area contributed by atoms with Gasteiger partial charge in [0.05, 0.1) is 18.8 Å². The van der Waals surface area contributed by atoms with Gasteiger partial charge in [-0.25, -0.2) is 0 Å². The number of Topliss-reactive ketones (excluding diaryl/α,β-unsaturated/α-hetero) is 1. The number of piperazine rings is 1. The molecule has 1 heterocycles. The lowest BCUT2D eigenvalue weighted by Crippen LogP contribution is -2.51. The molecule has 7 heteroatoms. The van der Waals surface area contributed by atoms with Crippen molar-refractivity contribution in [3.63, 3.8) is 0 Å². The van der Waals surface area contributed by atoms with Gasteiger partial charge in [0.25, 0.3) is 0 Å². The Balaban J connectivity index is 1.63. The second kappa shape index (κ2) is 11.5. The molecule has 1 fully saturated rings. The number of nitrogens with zero attached hydrogens (tertiary/aromatic N) is 2. The second-order valence-corrected chi connectivity index (χ2v) is 7.68. The zero-order chi connectivity index (χ0) is 20.5. The first kappa shape index (κ1) is 22.8. The summed E-state index contributed by atoms with van der Waals surface area (Å²) < 4.78 is 11.1. The van der Waals surface area contributed by atoms with Crippen molar-refractivity contribution in [1.29, 1.82) is 0 Å². The number of hydrogen-bond donors (Lipinski definition) is 2. The Morgan fingerprint density at radius 1 is 0.964 bits per heavy atom. The van der Waals surface area contributed by atoms with Gasteiger partial charge in [0, 0.05) is 44.8 Å². The van der Waals surface area contributed by atoms with Crippen molar-refractivity contribution in [3.8, 4) is 5.75 Å². The molecule has 1 aliphatic rings. The van der Waals surface area contributed by atoms with Gasteiger partial charge in [0.1, 0.15) is 18.5 Å². The van der Waals surface area contributed by atoms with Crippen LogP contribution in [0.3, 0.4) is 0 Å². The van der Waals surface area contributed by atoms with Gasteiger partial charge in [-0.05, 0) is 45.0 Å². The predicted octanol–water partition coefficient (Wildman–Crippen LogP) is 1.03. The first-order valence-electron chi connectivity index (χ1n) is 9.99. The van der Waals surface area contributed by atoms with E-state index < -0.39 is 12.2 Å². The lowest BCUT2D eigenvalue weighted by atomic mass is 10.1. The third-order valence-corrected chi connectivity index (χ3v) is 4.73. The van der Waals surface area contributed by atoms with Crippen molar-refractivity contribution < 1.29 is 24.5 Å². The molecule has 7 nitrogen and oxygen atoms in total. The number of ketones is 1. The number of ether oxygens (including phenoxy) is 2. The largest absolute Gasteiger partial charge is 0.491 e. The van der Waals surface area contributed by atoms with Crippen LogP contribution in [0, 0.1) is 0 Å². The fourth-order valence-electron chi connectivity index (χ4n) is 3.14. The number of aliphatic hydroxyl groups is 2. The number of carbonyl (C=O) groups excluding carboxylic acids is 1. The Morgan fingerprint density at radius 2 is 1.46 bits per heavy atom. The SMILES string of the molecule is CC(=O)c1ccc(OC[C@@H](O)CN2CCN(C[C@H](O)COC(C)C)CC2)cc1. The second-order valence-electron chi connectivity index (χ2n) is 7.68. The van der Waals surface area contributed by atoms with E-state index in [2.05, 4.69) is 9.80 Å². The molecule has 0 aromatic heterocycles. The highest BCUT2D eigenvalue weighted by Gasteiger charge is 2.21. The van der Waals surface area contributed by atoms with Crippen LogP contribution in [0.1, 0.15) is 31.1 Å². The number of aliphatic hydroxyl groups excluding tert-OH is 2. The van der Waals surface area contributed by atoms with Crippen LogP contribution >= 0.6 is 0 Å². The number of benzene rings is 1. The molecule has 1 saturated heterocycles. The zero-order valence-corrected chi connectivity index (χ0v) is 17.2. The molecule has 158 valence electrons. The fourth-order valence-corrected chi connectivity index (χ4v) is 3.14. The molecule has 0 amide bonds. The maximum Gasteiger partial charge on any atom is 0.159 e. The molecule has 2 rings (SSSR count). The average Bonchev–Trinajstić information content (AvgIpc) is 2.66. The van der Waals surface area contributed by atoms with Crippen LogP contribution in [0.2, 0.25) is 0 Å². The molecular formula is C21H34N2O5. The molecule has 0 aliphatic carbocycles. The summed E-state index contributed by atoms with van der Waals surface area (Å²) in [5.41, 5.74) is 0.645. The fraction of sp³-hybridized carbons (Fsp3) is 0.667. The molecule has 0 saturated carbocycles. The summed E-state index contributed by atoms with van der Waals surface area (Å²) in [5, 5.41) is 20.3. The van der Waals surface area contributed by atoms with E-state index in [1.807, 2.05) is 13.8 Å². The van der Waals surface area contributed by atoms with Crippen LogP contribution in [0.25, 0.3) is 0 Å². The van der Waals surface area contributed by atoms with Crippen LogP contribution in [0.4, 0.5) is 0 Å². The Morgan fingerprint density at radius 3 is 1.93 bits per heavy atom. The summed E-state index contributed by atoms with van der Waals surface area (Å²) in [7, 11) is 0. The average molecular weight is 395 g/mol. The topological polar surface area (TPSA) is 82.5 Å². The van der Waals surface area contributed by atoms with Crippen molar-refractivity contribution in [2.24, 2.45) is 0 Å². The van der Waals surface area contributed by atoms with Gasteiger partial charge < -0.3 is 19.7 Å². The Kier molecular flexibility index (Phi) is 9.34. The maximum atomic E-state index is 11.3. The number of rotatable bonds is 11. The van der Waals surface area contributed by atoms with Crippen molar-refractivity contribution in [3.05, 3.63) is 29.8 Å². The van der Waals surface area contributed by atoms with Gasteiger partial charge in [-0.3, -0.25) is 14.6 Å². The standard InChI is InChI=1S/C21H34N2O5/c1-16(2)27-14-19(25)12-22-8-10-23(11-9-22)13-20(26)15-28-21-6-4-18(5-7-21)17(3)24/h4-7,16,19-20,25-26H,8-15H2,1-3H3/t19-,20-/m0/s1. The highest BCUT2D eigenvalue weighted by atomic mass is 16.5. The van der Waals surface area contributed by atoms with Crippen molar-refractivity contribution >= 4 is 5.78 Å². The van der Waals surface area contributed by atoms with Crippen molar-refractivity contribution in [2.45, 2.75) is 39.1 Å². The summed E-state index contributed by atoms with van der Waals surface area (Å²) in [6.45, 7) is 10.6. The Labute approximate surface area is 167 Å². The van der Waals surface area contributed by atoms with Crippen LogP contribution in [-0.4, -0.2) is 96.6 Å². The van der Waals surface area contributed by atoms with Gasteiger partial charge >= 0.3 is 0 Å². The minimum Gasteiger partial charge on any atom is -0.491 e. The summed E-state index contributed by atoms with van der Waals surface area (Å²) >= 11 is 0. The minimum atomic E-state index is -0.580. The van der Waals surface area contributed by atoms with E-state index in [4.69, 9.17) is 9.47 Å². The summed E-state index contributed by atoms with van der Waals surface area (Å²) in [5.74, 6) is 0.664. The van der Waals surface area contributed by atoms with Crippen LogP contribution in [0.5, 0.6) is 5.75 Å². The van der Waals surface area contributed by atoms with Gasteiger partial charge in [0.15, 0.2) is 5.78 Å². The van der Waals surface area contributed by atoms with E-state index in [9.17, 15) is 15.0 Å². The third kappa shape index (κ3) is 8.24. The molecule has 0 spiro atoms. The van der Waals surface area contributed by atoms with Crippen LogP contribution in [-0.2, 0) is 4.74 Å². The monoisotopic (exact) mass is 394 g/mol. The molecule has 2 N–H and O–H groups in total. The molecule has 1 aromatic carbocycles. The van der Waals surface area contributed by atoms with Crippen molar-refractivity contribution in [2.75, 3.05) is 52.5 Å². The van der Waals surface area contributed by atoms with E-state index in [0.29, 0.717) is 31.0 Å². The van der Waals surface area contributed by atoms with Crippen LogP contribution in [0.15, 0.2) is 24.3 Å². The summed E-state index contributed by atoms with van der Waals surface area (Å²) in [6.07, 6.45) is -0.923. The van der Waals surface area contributed by atoms with E-state index >= 15 is 0 Å². The Hall–Kier alpha value is -1.51. The predicted molar refractivity (Wildman–Crippen MR) is 108 cm³/mol. The number of hydrogen-bond acceptors (Lipinski definition) is 7. The molecule has 0 bridgehead atoms. The molecule has 28 heavy (non-hydrogen) atoms. The number of β-amino-alcohol motifs (C(OH)–C–C–N with tert-alkyl or cyclic N) is 2. The third-order valence-electron chi connectivity index (χ3n) is 4.73. The van der Waals surface area contributed by atoms with E-state index in [-0.39, 0.29) is 18.5 Å². The number of carbonyl (C=O) groups is 1. The Bertz CT molecular complexity index is 585. The molecule has 0 radical (unpaired) electrons. The van der Waals surface area contributed by atoms with Gasteiger partial charge in [-0.2, -0.15) is 0 Å². The van der Waals surface area contributed by atoms with E-state index in [0.717, 1.165) is 26.2 Å². The van der Waals surface area contributed by atoms with E-state index in [1.165, 1.54) is 6.92 Å². The lowest BCUT2D eigenvalue weighted by Gasteiger charge is -2.36. The normalized spacial score (nSPS) is 18.2. The highest BCUT2D eigenvalue weighted by molar-refractivity contribution is 5.94. The summed E-state index contributed by atoms with van der Waals surface area (Å²) in [4.78, 5) is 15.7. The maximum absolute atomic E-state index is 11.3. The molecular weight excluding hydrogens is 360 g/mol. The highest BCUT2D eigenvalue weighted by Crippen LogP contribution is 2.13. The molecule has 1 aliphatic heterocycles. The molecule has 1 aromatic rings. The van der Waals surface area contributed by atoms with E-state index in [1.54, 1.807) is 24.3 Å². The smallest absolute Gasteiger partial charge is 0.159 e. The van der Waals surface area contributed by atoms with Gasteiger partial charge in [0.2, 0.25) is 0 Å². The zero-order valence-electron chi connectivity index (χ0n) is 17.2. The van der Waals surface area contributed by atoms with Gasteiger partial charge in [-0.1, -0.05) is 0 Å². The quantitative estimate of drug-likeness (QED) is 0.543. The first-order chi connectivity index (χ1) is 13.3. The summed E-state index contributed by atoms with van der Waals surface area (Å²) in [6, 6.07) is 6.95. The minimum absolute atomic E-state index is 0.0192. The first-order valence-corrected chi connectivity index (χ1v) is 9.99. The lowest BCUT2D eigenvalue weighted by molar-refractivity contribution is -0.0176.